The molecule has 0 aromatic heterocycles. The number of benzene rings is 2. The fraction of sp³-hybridized carbons (Fsp3) is 0.567. The van der Waals surface area contributed by atoms with E-state index in [0.717, 1.165) is 69.3 Å². The van der Waals surface area contributed by atoms with Gasteiger partial charge in [-0.25, -0.2) is 0 Å². The Morgan fingerprint density at radius 3 is 2.67 bits per heavy atom. The number of nitrogens with zero attached hydrogens (tertiary/aromatic N) is 1. The molecule has 3 aliphatic rings. The van der Waals surface area contributed by atoms with Gasteiger partial charge in [0.05, 0.1) is 23.8 Å². The van der Waals surface area contributed by atoms with Gasteiger partial charge >= 0.3 is 0 Å². The van der Waals surface area contributed by atoms with Crippen molar-refractivity contribution in [2.24, 2.45) is 17.3 Å². The van der Waals surface area contributed by atoms with Gasteiger partial charge in [0, 0.05) is 6.42 Å². The smallest absolute Gasteiger partial charge is 0.119 e. The van der Waals surface area contributed by atoms with E-state index in [2.05, 4.69) is 56.3 Å². The van der Waals surface area contributed by atoms with E-state index in [9.17, 15) is 10.4 Å². The van der Waals surface area contributed by atoms with Crippen molar-refractivity contribution in [3.63, 3.8) is 0 Å². The van der Waals surface area contributed by atoms with Crippen molar-refractivity contribution in [1.29, 1.82) is 5.26 Å². The van der Waals surface area contributed by atoms with Crippen molar-refractivity contribution in [3.05, 3.63) is 64.7 Å². The second kappa shape index (κ2) is 8.80. The van der Waals surface area contributed by atoms with Gasteiger partial charge in [-0.15, -0.1) is 0 Å². The zero-order valence-corrected chi connectivity index (χ0v) is 20.1. The number of hydrogen-bond acceptors (Lipinski definition) is 3. The molecule has 3 unspecified atom stereocenters. The fourth-order valence-electron chi connectivity index (χ4n) is 7.43. The number of ether oxygens (including phenoxy) is 1. The van der Waals surface area contributed by atoms with E-state index >= 15 is 0 Å². The number of nitriles is 1. The lowest BCUT2D eigenvalue weighted by molar-refractivity contribution is -0.102. The van der Waals surface area contributed by atoms with Crippen LogP contribution in [-0.2, 0) is 12.8 Å². The first-order chi connectivity index (χ1) is 16.0. The summed E-state index contributed by atoms with van der Waals surface area (Å²) in [6, 6.07) is 17.0. The van der Waals surface area contributed by atoms with Gasteiger partial charge in [-0.3, -0.25) is 0 Å². The standard InChI is InChI=1S/C30H37NO2/c1-3-4-17-33-24-9-5-21(6-10-24)19-30(32)16-14-28-27-12-8-23-18-22(20-31)7-11-25(23)26(27)13-15-29(28,30)2/h5-7,9-11,18,26-28,32H,3-4,8,12-17,19H2,1-2H3/t26?,27?,28?,29-,30+/m0/s1. The molecule has 0 aliphatic heterocycles. The monoisotopic (exact) mass is 443 g/mol. The summed E-state index contributed by atoms with van der Waals surface area (Å²) < 4.78 is 5.82. The minimum Gasteiger partial charge on any atom is -0.494 e. The zero-order valence-electron chi connectivity index (χ0n) is 20.1. The Balaban J connectivity index is 1.32. The number of aliphatic hydroxyl groups is 1. The molecule has 33 heavy (non-hydrogen) atoms. The van der Waals surface area contributed by atoms with Crippen LogP contribution < -0.4 is 4.74 Å². The molecule has 0 amide bonds. The molecule has 5 rings (SSSR count). The predicted octanol–water partition coefficient (Wildman–Crippen LogP) is 6.57. The topological polar surface area (TPSA) is 53.2 Å². The second-order valence-corrected chi connectivity index (χ2v) is 11.0. The van der Waals surface area contributed by atoms with Crippen molar-refractivity contribution in [3.8, 4) is 11.8 Å². The highest BCUT2D eigenvalue weighted by atomic mass is 16.5. The Morgan fingerprint density at radius 2 is 1.91 bits per heavy atom. The SMILES string of the molecule is CCCCOc1ccc(C[C@]2(O)CCC3C4CCc5cc(C#N)ccc5C4CC[C@@]32C)cc1. The van der Waals surface area contributed by atoms with E-state index in [1.54, 1.807) is 0 Å². The first-order valence-electron chi connectivity index (χ1n) is 12.9. The van der Waals surface area contributed by atoms with Crippen molar-refractivity contribution >= 4 is 0 Å². The fourth-order valence-corrected chi connectivity index (χ4v) is 7.43. The lowest BCUT2D eigenvalue weighted by Gasteiger charge is -2.53. The van der Waals surface area contributed by atoms with Crippen LogP contribution >= 0.6 is 0 Å². The maximum Gasteiger partial charge on any atom is 0.119 e. The molecule has 0 heterocycles. The predicted molar refractivity (Wildman–Crippen MR) is 131 cm³/mol. The largest absolute Gasteiger partial charge is 0.494 e. The first-order valence-corrected chi connectivity index (χ1v) is 12.9. The number of fused-ring (bicyclic) bond motifs is 5. The summed E-state index contributed by atoms with van der Waals surface area (Å²) in [7, 11) is 0. The van der Waals surface area contributed by atoms with Crippen LogP contribution in [0, 0.1) is 28.6 Å². The van der Waals surface area contributed by atoms with E-state index in [4.69, 9.17) is 4.74 Å². The molecule has 0 saturated heterocycles. The summed E-state index contributed by atoms with van der Waals surface area (Å²) >= 11 is 0. The molecular formula is C30H37NO2. The van der Waals surface area contributed by atoms with Crippen LogP contribution in [0.25, 0.3) is 0 Å². The summed E-state index contributed by atoms with van der Waals surface area (Å²) in [5.74, 6) is 2.73. The van der Waals surface area contributed by atoms with Crippen molar-refractivity contribution < 1.29 is 9.84 Å². The van der Waals surface area contributed by atoms with E-state index in [0.29, 0.717) is 17.8 Å². The van der Waals surface area contributed by atoms with Crippen LogP contribution in [0.4, 0.5) is 0 Å². The van der Waals surface area contributed by atoms with Crippen LogP contribution in [0.1, 0.15) is 87.0 Å². The Labute approximate surface area is 198 Å². The minimum absolute atomic E-state index is 0.0332. The molecule has 174 valence electrons. The third-order valence-corrected chi connectivity index (χ3v) is 9.36. The van der Waals surface area contributed by atoms with Crippen LogP contribution in [-0.4, -0.2) is 17.3 Å². The number of rotatable bonds is 6. The lowest BCUT2D eigenvalue weighted by atomic mass is 9.52. The highest BCUT2D eigenvalue weighted by molar-refractivity contribution is 5.42. The number of aryl methyl sites for hydroxylation is 1. The lowest BCUT2D eigenvalue weighted by Crippen LogP contribution is -2.51. The van der Waals surface area contributed by atoms with Gasteiger partial charge < -0.3 is 9.84 Å². The number of unbranched alkanes of at least 4 members (excludes halogenated alkanes) is 1. The van der Waals surface area contributed by atoms with Gasteiger partial charge in [-0.05, 0) is 109 Å². The highest BCUT2D eigenvalue weighted by Gasteiger charge is 2.61. The molecule has 5 atom stereocenters. The molecule has 0 bridgehead atoms. The van der Waals surface area contributed by atoms with Crippen molar-refractivity contribution in [2.45, 2.75) is 83.2 Å². The molecule has 0 radical (unpaired) electrons. The Hall–Kier alpha value is -2.31. The van der Waals surface area contributed by atoms with Crippen molar-refractivity contribution in [1.82, 2.24) is 0 Å². The third kappa shape index (κ3) is 3.87. The van der Waals surface area contributed by atoms with Crippen LogP contribution in [0.3, 0.4) is 0 Å². The molecule has 3 heteroatoms. The molecular weight excluding hydrogens is 406 g/mol. The molecule has 2 saturated carbocycles. The van der Waals surface area contributed by atoms with Crippen LogP contribution in [0.2, 0.25) is 0 Å². The van der Waals surface area contributed by atoms with Gasteiger partial charge in [0.25, 0.3) is 0 Å². The maximum atomic E-state index is 12.0. The maximum absolute atomic E-state index is 12.0. The van der Waals surface area contributed by atoms with Crippen LogP contribution in [0.5, 0.6) is 5.75 Å². The van der Waals surface area contributed by atoms with Gasteiger partial charge in [-0.1, -0.05) is 38.5 Å². The summed E-state index contributed by atoms with van der Waals surface area (Å²) in [6.07, 6.45) is 9.44. The summed E-state index contributed by atoms with van der Waals surface area (Å²) in [5, 5.41) is 21.3. The van der Waals surface area contributed by atoms with Gasteiger partial charge in [0.15, 0.2) is 0 Å². The van der Waals surface area contributed by atoms with E-state index < -0.39 is 5.60 Å². The Kier molecular flexibility index (Phi) is 6.00. The number of hydrogen-bond donors (Lipinski definition) is 1. The Morgan fingerprint density at radius 1 is 1.09 bits per heavy atom. The summed E-state index contributed by atoms with van der Waals surface area (Å²) in [5.41, 5.74) is 4.18. The van der Waals surface area contributed by atoms with Crippen molar-refractivity contribution in [2.75, 3.05) is 6.61 Å². The highest BCUT2D eigenvalue weighted by Crippen LogP contribution is 2.64. The van der Waals surface area contributed by atoms with Gasteiger partial charge in [0.1, 0.15) is 5.75 Å². The first kappa shape index (κ1) is 22.5. The molecule has 2 aromatic rings. The average Bonchev–Trinajstić information content (AvgIpc) is 3.10. The van der Waals surface area contributed by atoms with E-state index in [-0.39, 0.29) is 5.41 Å². The van der Waals surface area contributed by atoms with Gasteiger partial charge in [-0.2, -0.15) is 5.26 Å². The minimum atomic E-state index is -0.641. The molecule has 3 nitrogen and oxygen atoms in total. The zero-order chi connectivity index (χ0) is 23.1. The molecule has 1 N–H and O–H groups in total. The third-order valence-electron chi connectivity index (χ3n) is 9.36. The molecule has 2 fully saturated rings. The van der Waals surface area contributed by atoms with Gasteiger partial charge in [0.2, 0.25) is 0 Å². The average molecular weight is 444 g/mol. The molecule has 2 aromatic carbocycles. The summed E-state index contributed by atoms with van der Waals surface area (Å²) in [6.45, 7) is 5.31. The second-order valence-electron chi connectivity index (χ2n) is 11.0. The molecule has 3 aliphatic carbocycles. The summed E-state index contributed by atoms with van der Waals surface area (Å²) in [4.78, 5) is 0. The quantitative estimate of drug-likeness (QED) is 0.514. The Bertz CT molecular complexity index is 1040. The molecule has 0 spiro atoms. The normalized spacial score (nSPS) is 32.4. The van der Waals surface area contributed by atoms with Crippen LogP contribution in [0.15, 0.2) is 42.5 Å². The van der Waals surface area contributed by atoms with E-state index in [1.807, 2.05) is 6.07 Å². The van der Waals surface area contributed by atoms with E-state index in [1.165, 1.54) is 23.1 Å².